The lowest BCUT2D eigenvalue weighted by Crippen LogP contribution is -2.15. The van der Waals surface area contributed by atoms with Crippen molar-refractivity contribution < 1.29 is 4.79 Å². The zero-order valence-corrected chi connectivity index (χ0v) is 8.50. The van der Waals surface area contributed by atoms with E-state index in [4.69, 9.17) is 5.73 Å². The first-order chi connectivity index (χ1) is 6.04. The van der Waals surface area contributed by atoms with E-state index in [0.717, 1.165) is 5.57 Å². The Hall–Kier alpha value is -1.31. The summed E-state index contributed by atoms with van der Waals surface area (Å²) < 4.78 is 0. The van der Waals surface area contributed by atoms with Gasteiger partial charge in [-0.25, -0.2) is 0 Å². The van der Waals surface area contributed by atoms with Gasteiger partial charge in [0, 0.05) is 5.57 Å². The molecule has 2 heteroatoms. The molecular weight excluding hydrogens is 162 g/mol. The second-order valence-corrected chi connectivity index (χ2v) is 3.09. The first-order valence-corrected chi connectivity index (χ1v) is 4.33. The second kappa shape index (κ2) is 5.36. The number of amides is 1. The Bertz CT molecular complexity index is 259. The van der Waals surface area contributed by atoms with Crippen molar-refractivity contribution in [3.05, 3.63) is 36.0 Å². The highest BCUT2D eigenvalue weighted by Crippen LogP contribution is 2.16. The van der Waals surface area contributed by atoms with Crippen molar-refractivity contribution in [1.82, 2.24) is 0 Å². The van der Waals surface area contributed by atoms with Gasteiger partial charge in [0.15, 0.2) is 0 Å². The Kier molecular flexibility index (Phi) is 4.82. The van der Waals surface area contributed by atoms with Crippen LogP contribution in [0.1, 0.15) is 20.8 Å². The summed E-state index contributed by atoms with van der Waals surface area (Å²) in [6, 6.07) is 0. The molecule has 72 valence electrons. The van der Waals surface area contributed by atoms with Crippen molar-refractivity contribution in [1.29, 1.82) is 0 Å². The van der Waals surface area contributed by atoms with Crippen LogP contribution in [0.25, 0.3) is 0 Å². The van der Waals surface area contributed by atoms with Crippen LogP contribution < -0.4 is 5.73 Å². The van der Waals surface area contributed by atoms with E-state index in [1.54, 1.807) is 18.2 Å². The summed E-state index contributed by atoms with van der Waals surface area (Å²) in [5.41, 5.74) is 6.68. The van der Waals surface area contributed by atoms with Crippen molar-refractivity contribution in [2.75, 3.05) is 0 Å². The summed E-state index contributed by atoms with van der Waals surface area (Å²) in [4.78, 5) is 11.1. The number of carbonyl (C=O) groups is 1. The first kappa shape index (κ1) is 11.7. The highest BCUT2D eigenvalue weighted by molar-refractivity contribution is 5.96. The van der Waals surface area contributed by atoms with Gasteiger partial charge in [-0.2, -0.15) is 0 Å². The lowest BCUT2D eigenvalue weighted by Gasteiger charge is -2.09. The second-order valence-electron chi connectivity index (χ2n) is 3.09. The van der Waals surface area contributed by atoms with E-state index in [0.29, 0.717) is 5.57 Å². The molecule has 0 heterocycles. The molecule has 0 rings (SSSR count). The van der Waals surface area contributed by atoms with Crippen LogP contribution in [0.5, 0.6) is 0 Å². The fourth-order valence-electron chi connectivity index (χ4n) is 1.14. The van der Waals surface area contributed by atoms with Gasteiger partial charge in [-0.1, -0.05) is 38.7 Å². The number of hydrogen-bond donors (Lipinski definition) is 1. The third-order valence-corrected chi connectivity index (χ3v) is 1.75. The molecule has 0 aliphatic rings. The molecule has 0 aromatic heterocycles. The predicted molar refractivity (Wildman–Crippen MR) is 56.1 cm³/mol. The van der Waals surface area contributed by atoms with E-state index >= 15 is 0 Å². The Labute approximate surface area is 79.8 Å². The summed E-state index contributed by atoms with van der Waals surface area (Å²) >= 11 is 0. The van der Waals surface area contributed by atoms with E-state index < -0.39 is 5.91 Å². The molecule has 0 aliphatic carbocycles. The van der Waals surface area contributed by atoms with Gasteiger partial charge in [0.05, 0.1) is 0 Å². The van der Waals surface area contributed by atoms with Gasteiger partial charge in [0.2, 0.25) is 5.91 Å². The first-order valence-electron chi connectivity index (χ1n) is 4.33. The lowest BCUT2D eigenvalue weighted by molar-refractivity contribution is -0.114. The van der Waals surface area contributed by atoms with Crippen LogP contribution in [0.4, 0.5) is 0 Å². The number of hydrogen-bond acceptors (Lipinski definition) is 1. The minimum atomic E-state index is -0.401. The molecule has 0 spiro atoms. The molecule has 0 saturated heterocycles. The smallest absolute Gasteiger partial charge is 0.248 e. The van der Waals surface area contributed by atoms with Crippen LogP contribution in [0.3, 0.4) is 0 Å². The molecule has 0 bridgehead atoms. The number of nitrogens with two attached hydrogens (primary N) is 1. The summed E-state index contributed by atoms with van der Waals surface area (Å²) in [6.45, 7) is 9.53. The third-order valence-electron chi connectivity index (χ3n) is 1.75. The van der Waals surface area contributed by atoms with Gasteiger partial charge < -0.3 is 5.73 Å². The normalized spacial score (nSPS) is 13.2. The number of allylic oxidation sites excluding steroid dienone is 3. The highest BCUT2D eigenvalue weighted by Gasteiger charge is 2.09. The molecule has 2 nitrogen and oxygen atoms in total. The Morgan fingerprint density at radius 3 is 2.23 bits per heavy atom. The fourth-order valence-corrected chi connectivity index (χ4v) is 1.14. The van der Waals surface area contributed by atoms with Crippen molar-refractivity contribution in [2.24, 2.45) is 11.7 Å². The average Bonchev–Trinajstić information content (AvgIpc) is 2.03. The average molecular weight is 179 g/mol. The molecule has 0 saturated carbocycles. The molecule has 13 heavy (non-hydrogen) atoms. The van der Waals surface area contributed by atoms with Crippen molar-refractivity contribution in [3.63, 3.8) is 0 Å². The molecule has 0 aromatic rings. The maximum atomic E-state index is 11.1. The van der Waals surface area contributed by atoms with Gasteiger partial charge >= 0.3 is 0 Å². The van der Waals surface area contributed by atoms with E-state index in [9.17, 15) is 4.79 Å². The summed E-state index contributed by atoms with van der Waals surface area (Å²) in [5, 5.41) is 0. The van der Waals surface area contributed by atoms with Crippen molar-refractivity contribution in [2.45, 2.75) is 20.8 Å². The SMILES string of the molecule is C=C/C(=C(\C=C/C)C(N)=O)C(C)C. The van der Waals surface area contributed by atoms with E-state index in [1.807, 2.05) is 20.8 Å². The van der Waals surface area contributed by atoms with Gasteiger partial charge in [-0.3, -0.25) is 4.79 Å². The lowest BCUT2D eigenvalue weighted by atomic mass is 9.96. The number of rotatable bonds is 4. The predicted octanol–water partition coefficient (Wildman–Crippen LogP) is 2.19. The van der Waals surface area contributed by atoms with Gasteiger partial charge in [-0.05, 0) is 18.4 Å². The van der Waals surface area contributed by atoms with Crippen LogP contribution in [-0.2, 0) is 4.79 Å². The highest BCUT2D eigenvalue weighted by atomic mass is 16.1. The van der Waals surface area contributed by atoms with Crippen LogP contribution in [0, 0.1) is 5.92 Å². The Morgan fingerprint density at radius 1 is 1.46 bits per heavy atom. The minimum Gasteiger partial charge on any atom is -0.366 e. The van der Waals surface area contributed by atoms with Crippen LogP contribution in [0.2, 0.25) is 0 Å². The standard InChI is InChI=1S/C11H17NO/c1-5-7-10(11(12)13)9(6-2)8(3)4/h5-8H,2H2,1,3-4H3,(H2,12,13)/b7-5-,10-9-. The largest absolute Gasteiger partial charge is 0.366 e. The van der Waals surface area contributed by atoms with Crippen molar-refractivity contribution in [3.8, 4) is 0 Å². The molecular formula is C11H17NO. The Balaban J connectivity index is 5.25. The molecule has 0 atom stereocenters. The van der Waals surface area contributed by atoms with Gasteiger partial charge in [0.25, 0.3) is 0 Å². The molecule has 0 aromatic carbocycles. The number of primary amides is 1. The number of carbonyl (C=O) groups excluding carboxylic acids is 1. The third kappa shape index (κ3) is 3.28. The van der Waals surface area contributed by atoms with E-state index in [-0.39, 0.29) is 5.92 Å². The molecule has 1 amide bonds. The topological polar surface area (TPSA) is 43.1 Å². The maximum absolute atomic E-state index is 11.1. The summed E-state index contributed by atoms with van der Waals surface area (Å²) in [6.07, 6.45) is 5.20. The Morgan fingerprint density at radius 2 is 2.00 bits per heavy atom. The monoisotopic (exact) mass is 179 g/mol. The van der Waals surface area contributed by atoms with Gasteiger partial charge in [-0.15, -0.1) is 0 Å². The quantitative estimate of drug-likeness (QED) is 0.521. The molecule has 0 fully saturated rings. The summed E-state index contributed by atoms with van der Waals surface area (Å²) in [5.74, 6) is -0.141. The van der Waals surface area contributed by atoms with Crippen LogP contribution >= 0.6 is 0 Å². The van der Waals surface area contributed by atoms with Crippen LogP contribution in [-0.4, -0.2) is 5.91 Å². The van der Waals surface area contributed by atoms with Crippen molar-refractivity contribution >= 4 is 5.91 Å². The zero-order chi connectivity index (χ0) is 10.4. The molecule has 0 radical (unpaired) electrons. The fraction of sp³-hybridized carbons (Fsp3) is 0.364. The molecule has 2 N–H and O–H groups in total. The minimum absolute atomic E-state index is 0.260. The zero-order valence-electron chi connectivity index (χ0n) is 8.50. The molecule has 0 unspecified atom stereocenters. The van der Waals surface area contributed by atoms with Gasteiger partial charge in [0.1, 0.15) is 0 Å². The van der Waals surface area contributed by atoms with E-state index in [1.165, 1.54) is 0 Å². The van der Waals surface area contributed by atoms with Crippen LogP contribution in [0.15, 0.2) is 36.0 Å². The summed E-state index contributed by atoms with van der Waals surface area (Å²) in [7, 11) is 0. The van der Waals surface area contributed by atoms with E-state index in [2.05, 4.69) is 6.58 Å². The molecule has 0 aliphatic heterocycles. The maximum Gasteiger partial charge on any atom is 0.248 e.